The normalized spacial score (nSPS) is 17.9. The lowest BCUT2D eigenvalue weighted by molar-refractivity contribution is -0.135. The average Bonchev–Trinajstić information content (AvgIpc) is 4.00. The fourth-order valence-electron chi connectivity index (χ4n) is 7.50. The molecular weight excluding hydrogens is 715 g/mol. The summed E-state index contributed by atoms with van der Waals surface area (Å²) in [6, 6.07) is 18.5. The molecule has 0 spiro atoms. The van der Waals surface area contributed by atoms with Gasteiger partial charge in [-0.2, -0.15) is 0 Å². The van der Waals surface area contributed by atoms with Crippen molar-refractivity contribution in [2.75, 3.05) is 39.2 Å². The van der Waals surface area contributed by atoms with Crippen LogP contribution in [-0.4, -0.2) is 95.6 Å². The Kier molecular flexibility index (Phi) is 12.3. The minimum absolute atomic E-state index is 0.111. The Balaban J connectivity index is 1.07. The van der Waals surface area contributed by atoms with Gasteiger partial charge in [0.05, 0.1) is 31.9 Å². The highest BCUT2D eigenvalue weighted by Crippen LogP contribution is 2.34. The van der Waals surface area contributed by atoms with E-state index < -0.39 is 24.3 Å². The van der Waals surface area contributed by atoms with Crippen molar-refractivity contribution in [2.45, 2.75) is 65.1 Å². The number of methoxy groups -OCH3 is 2. The van der Waals surface area contributed by atoms with E-state index in [-0.39, 0.29) is 48.1 Å². The highest BCUT2D eigenvalue weighted by molar-refractivity contribution is 5.97. The van der Waals surface area contributed by atoms with Gasteiger partial charge < -0.3 is 40.2 Å². The highest BCUT2D eigenvalue weighted by atomic mass is 16.5. The summed E-state index contributed by atoms with van der Waals surface area (Å²) in [4.78, 5) is 75.3. The van der Waals surface area contributed by atoms with Gasteiger partial charge in [0.15, 0.2) is 0 Å². The number of nitrogens with one attached hydrogen (secondary N) is 4. The van der Waals surface area contributed by atoms with Crippen LogP contribution >= 0.6 is 0 Å². The zero-order valence-electron chi connectivity index (χ0n) is 32.8. The van der Waals surface area contributed by atoms with E-state index in [1.54, 1.807) is 9.80 Å². The van der Waals surface area contributed by atoms with Crippen molar-refractivity contribution in [2.24, 2.45) is 17.8 Å². The molecule has 14 nitrogen and oxygen atoms in total. The van der Waals surface area contributed by atoms with Crippen LogP contribution in [-0.2, 0) is 23.9 Å². The maximum atomic E-state index is 13.5. The number of rotatable bonds is 11. The zero-order valence-corrected chi connectivity index (χ0v) is 32.8. The lowest BCUT2D eigenvalue weighted by Crippen LogP contribution is -2.51. The molecule has 2 saturated heterocycles. The van der Waals surface area contributed by atoms with Gasteiger partial charge in [0.25, 0.3) is 0 Å². The molecule has 5 amide bonds. The molecule has 0 radical (unpaired) electrons. The molecule has 6 rings (SSSR count). The van der Waals surface area contributed by atoms with Crippen molar-refractivity contribution >= 4 is 46.4 Å². The summed E-state index contributed by atoms with van der Waals surface area (Å²) in [6.07, 6.45) is 2.72. The quantitative estimate of drug-likeness (QED) is 0.142. The fraction of sp³-hybridized carbons (Fsp3) is 0.429. The topological polar surface area (TPSA) is 175 Å². The number of fused-ring (bicyclic) bond motifs is 1. The lowest BCUT2D eigenvalue weighted by Gasteiger charge is -2.29. The van der Waals surface area contributed by atoms with Crippen LogP contribution in [0.15, 0.2) is 66.9 Å². The fourth-order valence-corrected chi connectivity index (χ4v) is 7.50. The molecule has 296 valence electrons. The van der Waals surface area contributed by atoms with E-state index in [0.717, 1.165) is 46.0 Å². The predicted molar refractivity (Wildman–Crippen MR) is 212 cm³/mol. The first kappa shape index (κ1) is 39.8. The molecule has 3 aromatic carbocycles. The number of alkyl carbamates (subject to hydrolysis) is 2. The molecule has 0 unspecified atom stereocenters. The first-order valence-electron chi connectivity index (χ1n) is 19.2. The van der Waals surface area contributed by atoms with E-state index in [2.05, 4.69) is 49.9 Å². The minimum Gasteiger partial charge on any atom is -0.453 e. The predicted octanol–water partition coefficient (Wildman–Crippen LogP) is 6.11. The molecule has 0 bridgehead atoms. The average molecular weight is 766 g/mol. The van der Waals surface area contributed by atoms with Gasteiger partial charge in [-0.1, -0.05) is 70.2 Å². The number of hydrogen-bond donors (Lipinski definition) is 4. The summed E-state index contributed by atoms with van der Waals surface area (Å²) >= 11 is 0. The van der Waals surface area contributed by atoms with Gasteiger partial charge in [-0.3, -0.25) is 14.4 Å². The van der Waals surface area contributed by atoms with Crippen LogP contribution in [0.3, 0.4) is 0 Å². The molecule has 1 aromatic heterocycles. The number of anilines is 1. The number of hydrogen-bond acceptors (Lipinski definition) is 8. The van der Waals surface area contributed by atoms with Crippen molar-refractivity contribution in [3.05, 3.63) is 72.7 Å². The number of imidazole rings is 1. The van der Waals surface area contributed by atoms with E-state index in [1.807, 2.05) is 70.3 Å². The van der Waals surface area contributed by atoms with Crippen LogP contribution in [0.1, 0.15) is 58.8 Å². The minimum atomic E-state index is -0.728. The van der Waals surface area contributed by atoms with Gasteiger partial charge >= 0.3 is 12.2 Å². The number of carbonyl (C=O) groups excluding carboxylic acids is 5. The molecule has 2 fully saturated rings. The summed E-state index contributed by atoms with van der Waals surface area (Å²) in [5, 5.41) is 10.3. The Hall–Kier alpha value is -5.92. The van der Waals surface area contributed by atoms with E-state index >= 15 is 0 Å². The molecule has 56 heavy (non-hydrogen) atoms. The van der Waals surface area contributed by atoms with Gasteiger partial charge in [-0.15, -0.1) is 0 Å². The number of H-pyrrole nitrogens is 1. The third-order valence-electron chi connectivity index (χ3n) is 10.7. The molecule has 4 atom stereocenters. The van der Waals surface area contributed by atoms with E-state index in [1.165, 1.54) is 14.2 Å². The summed E-state index contributed by atoms with van der Waals surface area (Å²) in [7, 11) is 2.54. The number of ether oxygens (including phenoxy) is 2. The molecular formula is C42H51N7O7. The Bertz CT molecular complexity index is 2080. The van der Waals surface area contributed by atoms with E-state index in [4.69, 9.17) is 9.72 Å². The number of carbonyl (C=O) groups is 5. The SMILES string of the molecule is COC(=O)N[C@H](C(=O)N1CC[C@H](C(=O)Nc2ccc3cc(-c4ccc(-c5c[nH]c([C@@H]6CCCN6C(=O)[C@@H](NC(=O)OC)C(C)C)n5)cc4)ccc3c2)C1)C(C)C. The smallest absolute Gasteiger partial charge is 0.407 e. The molecule has 3 heterocycles. The second-order valence-corrected chi connectivity index (χ2v) is 15.2. The Morgan fingerprint density at radius 3 is 2.02 bits per heavy atom. The third kappa shape index (κ3) is 8.79. The highest BCUT2D eigenvalue weighted by Gasteiger charge is 2.38. The van der Waals surface area contributed by atoms with Crippen LogP contribution < -0.4 is 16.0 Å². The molecule has 2 aliphatic rings. The van der Waals surface area contributed by atoms with Crippen LogP contribution in [0.4, 0.5) is 15.3 Å². The Morgan fingerprint density at radius 2 is 1.36 bits per heavy atom. The van der Waals surface area contributed by atoms with Crippen LogP contribution in [0.2, 0.25) is 0 Å². The zero-order chi connectivity index (χ0) is 40.1. The number of likely N-dealkylation sites (tertiary alicyclic amines) is 2. The van der Waals surface area contributed by atoms with E-state index in [0.29, 0.717) is 31.0 Å². The summed E-state index contributed by atoms with van der Waals surface area (Å²) in [6.45, 7) is 8.80. The van der Waals surface area contributed by atoms with Crippen LogP contribution in [0, 0.1) is 17.8 Å². The molecule has 0 aliphatic carbocycles. The van der Waals surface area contributed by atoms with Gasteiger partial charge in [0.1, 0.15) is 17.9 Å². The third-order valence-corrected chi connectivity index (χ3v) is 10.7. The molecule has 0 saturated carbocycles. The maximum absolute atomic E-state index is 13.5. The second kappa shape index (κ2) is 17.3. The molecule has 14 heteroatoms. The number of benzene rings is 3. The Labute approximate surface area is 326 Å². The first-order chi connectivity index (χ1) is 26.9. The summed E-state index contributed by atoms with van der Waals surface area (Å²) in [5.74, 6) is -0.415. The standard InChI is InChI=1S/C42H51N7O7/c1-24(2)35(46-41(53)55-5)39(51)48-19-17-31(23-48)38(50)44-32-16-15-29-20-28(13-14-30(29)21-32)26-9-11-27(12-10-26)33-22-43-37(45-33)34-8-7-18-49(34)40(52)36(25(3)4)47-42(54)56-6/h9-16,20-22,24-25,31,34-36H,7-8,17-19,23H2,1-6H3,(H,43,45)(H,44,50)(H,46,53)(H,47,54)/t31-,34-,35-,36-/m0/s1. The largest absolute Gasteiger partial charge is 0.453 e. The van der Waals surface area contributed by atoms with Gasteiger partial charge in [-0.05, 0) is 71.2 Å². The monoisotopic (exact) mass is 765 g/mol. The van der Waals surface area contributed by atoms with Gasteiger partial charge in [0.2, 0.25) is 17.7 Å². The van der Waals surface area contributed by atoms with Crippen molar-refractivity contribution in [3.63, 3.8) is 0 Å². The Morgan fingerprint density at radius 1 is 0.750 bits per heavy atom. The number of aromatic amines is 1. The number of nitrogens with zero attached hydrogens (tertiary/aromatic N) is 3. The van der Waals surface area contributed by atoms with Crippen molar-refractivity contribution in [3.8, 4) is 22.4 Å². The summed E-state index contributed by atoms with van der Waals surface area (Å²) in [5.41, 5.74) is 4.47. The van der Waals surface area contributed by atoms with E-state index in [9.17, 15) is 24.0 Å². The number of amides is 5. The maximum Gasteiger partial charge on any atom is 0.407 e. The molecule has 2 aliphatic heterocycles. The van der Waals surface area contributed by atoms with Crippen LogP contribution in [0.25, 0.3) is 33.2 Å². The first-order valence-corrected chi connectivity index (χ1v) is 19.2. The van der Waals surface area contributed by atoms with Crippen molar-refractivity contribution < 1.29 is 33.4 Å². The van der Waals surface area contributed by atoms with Crippen molar-refractivity contribution in [1.82, 2.24) is 30.4 Å². The molecule has 4 aromatic rings. The summed E-state index contributed by atoms with van der Waals surface area (Å²) < 4.78 is 9.43. The van der Waals surface area contributed by atoms with Gasteiger partial charge in [0, 0.05) is 37.1 Å². The lowest BCUT2D eigenvalue weighted by atomic mass is 9.99. The van der Waals surface area contributed by atoms with Gasteiger partial charge in [-0.25, -0.2) is 14.6 Å². The van der Waals surface area contributed by atoms with Crippen LogP contribution in [0.5, 0.6) is 0 Å². The molecule has 4 N–H and O–H groups in total. The second-order valence-electron chi connectivity index (χ2n) is 15.2. The number of aromatic nitrogens is 2. The van der Waals surface area contributed by atoms with Crippen molar-refractivity contribution in [1.29, 1.82) is 0 Å².